The van der Waals surface area contributed by atoms with Crippen LogP contribution in [-0.4, -0.2) is 28.5 Å². The lowest BCUT2D eigenvalue weighted by molar-refractivity contribution is -0.120. The standard InChI is InChI=1S/C17H15N5O5/c1-9-10(2)21-22(16(24)12(9)6-18)7-15(23)20-17(25)19-11-3-4-13-14(5-11)27-8-26-13/h3-5H,7-8H2,1-2H3,(H2,19,20,23,25). The summed E-state index contributed by atoms with van der Waals surface area (Å²) < 4.78 is 11.2. The fraction of sp³-hybridized carbons (Fsp3) is 0.235. The van der Waals surface area contributed by atoms with Gasteiger partial charge < -0.3 is 14.8 Å². The number of hydrogen-bond donors (Lipinski definition) is 2. The molecule has 2 N–H and O–H groups in total. The van der Waals surface area contributed by atoms with Crippen LogP contribution >= 0.6 is 0 Å². The molecule has 1 aromatic carbocycles. The van der Waals surface area contributed by atoms with E-state index < -0.39 is 24.0 Å². The maximum atomic E-state index is 12.2. The second kappa shape index (κ2) is 7.17. The summed E-state index contributed by atoms with van der Waals surface area (Å²) in [6.07, 6.45) is 0. The van der Waals surface area contributed by atoms with Crippen molar-refractivity contribution in [3.05, 3.63) is 45.4 Å². The van der Waals surface area contributed by atoms with E-state index in [4.69, 9.17) is 14.7 Å². The van der Waals surface area contributed by atoms with Crippen LogP contribution in [0.25, 0.3) is 0 Å². The minimum Gasteiger partial charge on any atom is -0.454 e. The average Bonchev–Trinajstić information content (AvgIpc) is 3.07. The number of fused-ring (bicyclic) bond motifs is 1. The number of imide groups is 1. The van der Waals surface area contributed by atoms with Crippen LogP contribution in [0.15, 0.2) is 23.0 Å². The summed E-state index contributed by atoms with van der Waals surface area (Å²) in [5.41, 5.74) is 0.535. The first-order chi connectivity index (χ1) is 12.9. The Morgan fingerprint density at radius 3 is 2.78 bits per heavy atom. The summed E-state index contributed by atoms with van der Waals surface area (Å²) in [7, 11) is 0. The van der Waals surface area contributed by atoms with Gasteiger partial charge in [0, 0.05) is 11.8 Å². The minimum atomic E-state index is -0.781. The molecular weight excluding hydrogens is 354 g/mol. The molecule has 138 valence electrons. The molecule has 0 unspecified atom stereocenters. The van der Waals surface area contributed by atoms with E-state index >= 15 is 0 Å². The molecule has 3 amide bonds. The fourth-order valence-electron chi connectivity index (χ4n) is 2.45. The monoisotopic (exact) mass is 369 g/mol. The van der Waals surface area contributed by atoms with Gasteiger partial charge in [0.1, 0.15) is 18.2 Å². The molecule has 2 aromatic rings. The maximum absolute atomic E-state index is 12.2. The van der Waals surface area contributed by atoms with Crippen molar-refractivity contribution in [1.82, 2.24) is 15.1 Å². The fourth-order valence-corrected chi connectivity index (χ4v) is 2.45. The highest BCUT2D eigenvalue weighted by atomic mass is 16.7. The van der Waals surface area contributed by atoms with Crippen LogP contribution in [0.1, 0.15) is 16.8 Å². The Bertz CT molecular complexity index is 1040. The Labute approximate surface area is 153 Å². The molecule has 0 fully saturated rings. The molecule has 2 heterocycles. The number of nitriles is 1. The van der Waals surface area contributed by atoms with E-state index in [0.717, 1.165) is 4.68 Å². The van der Waals surface area contributed by atoms with E-state index in [1.165, 1.54) is 0 Å². The molecule has 1 aromatic heterocycles. The Hall–Kier alpha value is -3.87. The van der Waals surface area contributed by atoms with Gasteiger partial charge in [-0.3, -0.25) is 14.9 Å². The third kappa shape index (κ3) is 3.72. The molecule has 1 aliphatic heterocycles. The van der Waals surface area contributed by atoms with Gasteiger partial charge in [-0.25, -0.2) is 9.48 Å². The first-order valence-corrected chi connectivity index (χ1v) is 7.88. The number of ether oxygens (including phenoxy) is 2. The lowest BCUT2D eigenvalue weighted by Gasteiger charge is -2.10. The lowest BCUT2D eigenvalue weighted by atomic mass is 10.1. The number of nitrogens with one attached hydrogen (secondary N) is 2. The summed E-state index contributed by atoms with van der Waals surface area (Å²) in [5, 5.41) is 17.6. The predicted molar refractivity (Wildman–Crippen MR) is 92.4 cm³/mol. The van der Waals surface area contributed by atoms with Crippen molar-refractivity contribution in [2.24, 2.45) is 0 Å². The molecule has 0 saturated heterocycles. The number of rotatable bonds is 3. The van der Waals surface area contributed by atoms with Crippen LogP contribution in [0.5, 0.6) is 11.5 Å². The largest absolute Gasteiger partial charge is 0.454 e. The molecule has 0 saturated carbocycles. The van der Waals surface area contributed by atoms with Crippen LogP contribution in [0, 0.1) is 25.2 Å². The predicted octanol–water partition coefficient (Wildman–Crippen LogP) is 0.809. The molecule has 0 radical (unpaired) electrons. The molecular formula is C17H15N5O5. The van der Waals surface area contributed by atoms with Gasteiger partial charge in [-0.1, -0.05) is 0 Å². The highest BCUT2D eigenvalue weighted by Crippen LogP contribution is 2.34. The van der Waals surface area contributed by atoms with Gasteiger partial charge >= 0.3 is 6.03 Å². The number of amides is 3. The number of carbonyl (C=O) groups is 2. The number of aryl methyl sites for hydroxylation is 1. The lowest BCUT2D eigenvalue weighted by Crippen LogP contribution is -2.40. The SMILES string of the molecule is Cc1nn(CC(=O)NC(=O)Nc2ccc3c(c2)OCO3)c(=O)c(C#N)c1C. The second-order valence-electron chi connectivity index (χ2n) is 5.73. The zero-order valence-corrected chi connectivity index (χ0v) is 14.5. The van der Waals surface area contributed by atoms with Gasteiger partial charge in [0.2, 0.25) is 12.7 Å². The van der Waals surface area contributed by atoms with Crippen molar-refractivity contribution in [2.75, 3.05) is 12.1 Å². The molecule has 10 nitrogen and oxygen atoms in total. The highest BCUT2D eigenvalue weighted by Gasteiger charge is 2.17. The van der Waals surface area contributed by atoms with Crippen LogP contribution in [0.4, 0.5) is 10.5 Å². The van der Waals surface area contributed by atoms with Crippen molar-refractivity contribution >= 4 is 17.6 Å². The summed E-state index contributed by atoms with van der Waals surface area (Å²) in [6.45, 7) is 2.83. The highest BCUT2D eigenvalue weighted by molar-refractivity contribution is 6.01. The number of urea groups is 1. The summed E-state index contributed by atoms with van der Waals surface area (Å²) in [5.74, 6) is 0.287. The number of anilines is 1. The van der Waals surface area contributed by atoms with Crippen LogP contribution in [-0.2, 0) is 11.3 Å². The zero-order chi connectivity index (χ0) is 19.6. The Kier molecular flexibility index (Phi) is 4.76. The third-order valence-electron chi connectivity index (χ3n) is 3.93. The summed E-state index contributed by atoms with van der Waals surface area (Å²) >= 11 is 0. The first kappa shape index (κ1) is 17.9. The average molecular weight is 369 g/mol. The molecule has 0 atom stereocenters. The normalized spacial score (nSPS) is 11.6. The topological polar surface area (TPSA) is 135 Å². The number of nitrogens with zero attached hydrogens (tertiary/aromatic N) is 3. The number of hydrogen-bond acceptors (Lipinski definition) is 7. The van der Waals surface area contributed by atoms with Crippen molar-refractivity contribution in [2.45, 2.75) is 20.4 Å². The van der Waals surface area contributed by atoms with E-state index in [0.29, 0.717) is 28.4 Å². The third-order valence-corrected chi connectivity index (χ3v) is 3.93. The molecule has 0 bridgehead atoms. The van der Waals surface area contributed by atoms with Crippen molar-refractivity contribution in [3.8, 4) is 17.6 Å². The molecule has 3 rings (SSSR count). The van der Waals surface area contributed by atoms with E-state index in [-0.39, 0.29) is 12.4 Å². The van der Waals surface area contributed by atoms with Crippen molar-refractivity contribution in [1.29, 1.82) is 5.26 Å². The molecule has 10 heteroatoms. The van der Waals surface area contributed by atoms with E-state index in [1.54, 1.807) is 38.1 Å². The molecule has 0 spiro atoms. The molecule has 27 heavy (non-hydrogen) atoms. The van der Waals surface area contributed by atoms with Gasteiger partial charge in [0.25, 0.3) is 5.56 Å². The Morgan fingerprint density at radius 1 is 1.30 bits per heavy atom. The Morgan fingerprint density at radius 2 is 2.04 bits per heavy atom. The van der Waals surface area contributed by atoms with Crippen LogP contribution in [0.2, 0.25) is 0 Å². The van der Waals surface area contributed by atoms with Gasteiger partial charge in [0.05, 0.1) is 5.69 Å². The minimum absolute atomic E-state index is 0.0832. The van der Waals surface area contributed by atoms with E-state index in [2.05, 4.69) is 15.7 Å². The summed E-state index contributed by atoms with van der Waals surface area (Å²) in [4.78, 5) is 36.2. The van der Waals surface area contributed by atoms with Gasteiger partial charge in [-0.2, -0.15) is 10.4 Å². The van der Waals surface area contributed by atoms with Gasteiger partial charge in [-0.05, 0) is 31.5 Å². The van der Waals surface area contributed by atoms with E-state index in [9.17, 15) is 14.4 Å². The van der Waals surface area contributed by atoms with Crippen molar-refractivity contribution in [3.63, 3.8) is 0 Å². The maximum Gasteiger partial charge on any atom is 0.325 e. The zero-order valence-electron chi connectivity index (χ0n) is 14.5. The van der Waals surface area contributed by atoms with E-state index in [1.807, 2.05) is 0 Å². The smallest absolute Gasteiger partial charge is 0.325 e. The first-order valence-electron chi connectivity index (χ1n) is 7.88. The number of benzene rings is 1. The van der Waals surface area contributed by atoms with Gasteiger partial charge in [0.15, 0.2) is 11.5 Å². The Balaban J connectivity index is 1.66. The number of carbonyl (C=O) groups excluding carboxylic acids is 2. The number of aromatic nitrogens is 2. The molecule has 0 aliphatic carbocycles. The van der Waals surface area contributed by atoms with Crippen molar-refractivity contribution < 1.29 is 19.1 Å². The van der Waals surface area contributed by atoms with Gasteiger partial charge in [-0.15, -0.1) is 0 Å². The van der Waals surface area contributed by atoms with Crippen LogP contribution in [0.3, 0.4) is 0 Å². The van der Waals surface area contributed by atoms with Crippen LogP contribution < -0.4 is 25.7 Å². The quantitative estimate of drug-likeness (QED) is 0.817. The summed E-state index contributed by atoms with van der Waals surface area (Å²) in [6, 6.07) is 5.80. The second-order valence-corrected chi connectivity index (χ2v) is 5.73. The molecule has 1 aliphatic rings.